The quantitative estimate of drug-likeness (QED) is 0.556. The van der Waals surface area contributed by atoms with Gasteiger partial charge in [-0.2, -0.15) is 0 Å². The monoisotopic (exact) mass is 190 g/mol. The zero-order valence-corrected chi connectivity index (χ0v) is 7.53. The number of hydrogen-bond donors (Lipinski definition) is 2. The molecule has 5 nitrogen and oxygen atoms in total. The van der Waals surface area contributed by atoms with E-state index >= 15 is 0 Å². The lowest BCUT2D eigenvalue weighted by Crippen LogP contribution is -2.04. The zero-order valence-electron chi connectivity index (χ0n) is 7.53. The van der Waals surface area contributed by atoms with E-state index in [1.165, 1.54) is 6.33 Å². The van der Waals surface area contributed by atoms with Crippen LogP contribution < -0.4 is 5.32 Å². The van der Waals surface area contributed by atoms with Crippen LogP contribution in [0, 0.1) is 0 Å². The van der Waals surface area contributed by atoms with E-state index < -0.39 is 0 Å². The molecule has 2 N–H and O–H groups in total. The normalized spacial score (nSPS) is 10.3. The van der Waals surface area contributed by atoms with Gasteiger partial charge in [0.2, 0.25) is 0 Å². The molecule has 0 atom stereocenters. The highest BCUT2D eigenvalue weighted by molar-refractivity contribution is 5.86. The predicted molar refractivity (Wildman–Crippen MR) is 53.1 cm³/mol. The lowest BCUT2D eigenvalue weighted by Gasteiger charge is -2.02. The van der Waals surface area contributed by atoms with E-state index in [9.17, 15) is 4.79 Å². The standard InChI is InChI=1S/C9H10N4O/c14-5-1-3-10-8-7-2-4-11-9(7)13-6-12-8/h2,4-6H,1,3H2,(H2,10,11,12,13). The largest absolute Gasteiger partial charge is 0.369 e. The summed E-state index contributed by atoms with van der Waals surface area (Å²) >= 11 is 0. The van der Waals surface area contributed by atoms with E-state index in [4.69, 9.17) is 0 Å². The number of anilines is 1. The maximum absolute atomic E-state index is 10.1. The van der Waals surface area contributed by atoms with Gasteiger partial charge in [-0.25, -0.2) is 9.97 Å². The molecular weight excluding hydrogens is 180 g/mol. The first-order valence-electron chi connectivity index (χ1n) is 4.37. The van der Waals surface area contributed by atoms with Crippen molar-refractivity contribution in [2.75, 3.05) is 11.9 Å². The summed E-state index contributed by atoms with van der Waals surface area (Å²) in [5.74, 6) is 0.762. The van der Waals surface area contributed by atoms with Crippen molar-refractivity contribution in [2.24, 2.45) is 0 Å². The van der Waals surface area contributed by atoms with Crippen molar-refractivity contribution in [1.29, 1.82) is 0 Å². The van der Waals surface area contributed by atoms with Crippen molar-refractivity contribution in [3.8, 4) is 0 Å². The van der Waals surface area contributed by atoms with Crippen LogP contribution in [0.2, 0.25) is 0 Å². The summed E-state index contributed by atoms with van der Waals surface area (Å²) in [4.78, 5) is 21.3. The Morgan fingerprint density at radius 2 is 2.43 bits per heavy atom. The lowest BCUT2D eigenvalue weighted by atomic mass is 10.3. The number of carbonyl (C=O) groups is 1. The first-order valence-corrected chi connectivity index (χ1v) is 4.37. The molecule has 0 aromatic carbocycles. The lowest BCUT2D eigenvalue weighted by molar-refractivity contribution is -0.107. The van der Waals surface area contributed by atoms with Gasteiger partial charge in [-0.1, -0.05) is 0 Å². The first kappa shape index (κ1) is 8.68. The summed E-state index contributed by atoms with van der Waals surface area (Å²) < 4.78 is 0. The van der Waals surface area contributed by atoms with Crippen LogP contribution in [0.4, 0.5) is 5.82 Å². The number of hydrogen-bond acceptors (Lipinski definition) is 4. The zero-order chi connectivity index (χ0) is 9.80. The van der Waals surface area contributed by atoms with Gasteiger partial charge in [-0.05, 0) is 6.07 Å². The molecule has 0 amide bonds. The Kier molecular flexibility index (Phi) is 2.40. The summed E-state index contributed by atoms with van der Waals surface area (Å²) in [5, 5.41) is 4.02. The Labute approximate surface area is 80.6 Å². The van der Waals surface area contributed by atoms with Crippen molar-refractivity contribution >= 4 is 23.1 Å². The number of nitrogens with one attached hydrogen (secondary N) is 2. The fraction of sp³-hybridized carbons (Fsp3) is 0.222. The van der Waals surface area contributed by atoms with Crippen LogP contribution in [-0.2, 0) is 4.79 Å². The Morgan fingerprint density at radius 3 is 3.29 bits per heavy atom. The van der Waals surface area contributed by atoms with Gasteiger partial charge >= 0.3 is 0 Å². The average molecular weight is 190 g/mol. The molecule has 2 heterocycles. The molecule has 5 heteroatoms. The highest BCUT2D eigenvalue weighted by atomic mass is 16.1. The molecule has 0 spiro atoms. The van der Waals surface area contributed by atoms with E-state index in [0.717, 1.165) is 23.1 Å². The first-order chi connectivity index (χ1) is 6.92. The number of nitrogens with zero attached hydrogens (tertiary/aromatic N) is 2. The van der Waals surface area contributed by atoms with Crippen molar-refractivity contribution in [3.63, 3.8) is 0 Å². The number of carbonyl (C=O) groups excluding carboxylic acids is 1. The van der Waals surface area contributed by atoms with Crippen LogP contribution in [0.25, 0.3) is 11.0 Å². The second-order valence-corrected chi connectivity index (χ2v) is 2.84. The molecule has 0 aliphatic heterocycles. The van der Waals surface area contributed by atoms with Crippen LogP contribution >= 0.6 is 0 Å². The number of fused-ring (bicyclic) bond motifs is 1. The van der Waals surface area contributed by atoms with E-state index in [1.807, 2.05) is 12.3 Å². The summed E-state index contributed by atoms with van der Waals surface area (Å²) in [6.45, 7) is 0.598. The molecule has 2 rings (SSSR count). The summed E-state index contributed by atoms with van der Waals surface area (Å²) in [6.07, 6.45) is 4.66. The molecule has 0 saturated carbocycles. The van der Waals surface area contributed by atoms with Gasteiger partial charge in [0.25, 0.3) is 0 Å². The molecule has 0 saturated heterocycles. The van der Waals surface area contributed by atoms with Gasteiger partial charge in [0.15, 0.2) is 0 Å². The average Bonchev–Trinajstić information content (AvgIpc) is 2.67. The molecule has 14 heavy (non-hydrogen) atoms. The van der Waals surface area contributed by atoms with E-state index in [-0.39, 0.29) is 0 Å². The van der Waals surface area contributed by atoms with E-state index in [2.05, 4.69) is 20.3 Å². The fourth-order valence-corrected chi connectivity index (χ4v) is 1.26. The molecule has 72 valence electrons. The van der Waals surface area contributed by atoms with Crippen molar-refractivity contribution in [1.82, 2.24) is 15.0 Å². The second kappa shape index (κ2) is 3.87. The molecule has 0 aliphatic rings. The van der Waals surface area contributed by atoms with Crippen molar-refractivity contribution < 1.29 is 4.79 Å². The minimum Gasteiger partial charge on any atom is -0.369 e. The minimum atomic E-state index is 0.482. The Hall–Kier alpha value is -1.91. The van der Waals surface area contributed by atoms with Crippen LogP contribution in [0.1, 0.15) is 6.42 Å². The summed E-state index contributed by atoms with van der Waals surface area (Å²) in [5.41, 5.74) is 0.800. The van der Waals surface area contributed by atoms with Crippen LogP contribution in [0.3, 0.4) is 0 Å². The smallest absolute Gasteiger partial charge is 0.142 e. The predicted octanol–water partition coefficient (Wildman–Crippen LogP) is 0.959. The van der Waals surface area contributed by atoms with Gasteiger partial charge in [0.05, 0.1) is 5.39 Å². The SMILES string of the molecule is O=CCCNc1ncnc2[nH]ccc12. The van der Waals surface area contributed by atoms with Gasteiger partial charge in [-0.3, -0.25) is 0 Å². The Bertz CT molecular complexity index is 437. The summed E-state index contributed by atoms with van der Waals surface area (Å²) in [7, 11) is 0. The molecule has 0 fully saturated rings. The Balaban J connectivity index is 2.23. The molecule has 2 aromatic rings. The van der Waals surface area contributed by atoms with Crippen LogP contribution in [0.15, 0.2) is 18.6 Å². The molecule has 0 unspecified atom stereocenters. The maximum atomic E-state index is 10.1. The van der Waals surface area contributed by atoms with E-state index in [0.29, 0.717) is 13.0 Å². The third-order valence-corrected chi connectivity index (χ3v) is 1.91. The van der Waals surface area contributed by atoms with Crippen molar-refractivity contribution in [2.45, 2.75) is 6.42 Å². The minimum absolute atomic E-state index is 0.482. The number of rotatable bonds is 4. The van der Waals surface area contributed by atoms with Gasteiger partial charge < -0.3 is 15.1 Å². The van der Waals surface area contributed by atoms with Crippen molar-refractivity contribution in [3.05, 3.63) is 18.6 Å². The Morgan fingerprint density at radius 1 is 1.50 bits per heavy atom. The summed E-state index contributed by atoms with van der Waals surface area (Å²) in [6, 6.07) is 1.90. The number of H-pyrrole nitrogens is 1. The molecule has 0 bridgehead atoms. The topological polar surface area (TPSA) is 70.7 Å². The highest BCUT2D eigenvalue weighted by Crippen LogP contribution is 2.16. The third kappa shape index (κ3) is 1.56. The second-order valence-electron chi connectivity index (χ2n) is 2.84. The van der Waals surface area contributed by atoms with Crippen LogP contribution in [-0.4, -0.2) is 27.8 Å². The number of aldehydes is 1. The number of aromatic nitrogens is 3. The molecule has 2 aromatic heterocycles. The van der Waals surface area contributed by atoms with E-state index in [1.54, 1.807) is 0 Å². The molecular formula is C9H10N4O. The van der Waals surface area contributed by atoms with Gasteiger partial charge in [0, 0.05) is 19.2 Å². The maximum Gasteiger partial charge on any atom is 0.142 e. The molecule has 0 radical (unpaired) electrons. The van der Waals surface area contributed by atoms with Gasteiger partial charge in [0.1, 0.15) is 24.1 Å². The van der Waals surface area contributed by atoms with Gasteiger partial charge in [-0.15, -0.1) is 0 Å². The third-order valence-electron chi connectivity index (χ3n) is 1.91. The van der Waals surface area contributed by atoms with Crippen LogP contribution in [0.5, 0.6) is 0 Å². The number of aromatic amines is 1. The fourth-order valence-electron chi connectivity index (χ4n) is 1.26. The molecule has 0 aliphatic carbocycles. The highest BCUT2D eigenvalue weighted by Gasteiger charge is 2.02.